The van der Waals surface area contributed by atoms with Gasteiger partial charge in [-0.1, -0.05) is 11.6 Å². The highest BCUT2D eigenvalue weighted by atomic mass is 35.5. The van der Waals surface area contributed by atoms with Crippen molar-refractivity contribution in [3.05, 3.63) is 46.9 Å². The standard InChI is InChI=1S/C20H24ClN3O4S/c1-15-19(29(26,27)24-8-2-3-9-24)14-18(28-15)20(25)23-12-10-22(11-13-23)17-6-4-16(21)5-7-17/h4-7,14H,2-3,8-13H2,1H3. The second kappa shape index (κ2) is 8.01. The molecule has 0 radical (unpaired) electrons. The molecule has 2 aliphatic rings. The number of nitrogens with zero attached hydrogens (tertiary/aromatic N) is 3. The van der Waals surface area contributed by atoms with Gasteiger partial charge in [-0.3, -0.25) is 4.79 Å². The zero-order valence-corrected chi connectivity index (χ0v) is 17.9. The van der Waals surface area contributed by atoms with Crippen LogP contribution in [0.3, 0.4) is 0 Å². The first-order valence-corrected chi connectivity index (χ1v) is 11.6. The summed E-state index contributed by atoms with van der Waals surface area (Å²) in [6.07, 6.45) is 1.72. The van der Waals surface area contributed by atoms with E-state index in [1.54, 1.807) is 11.8 Å². The number of hydrogen-bond acceptors (Lipinski definition) is 5. The van der Waals surface area contributed by atoms with Crippen LogP contribution in [0, 0.1) is 6.92 Å². The summed E-state index contributed by atoms with van der Waals surface area (Å²) in [4.78, 5) is 16.9. The minimum atomic E-state index is -3.61. The molecule has 9 heteroatoms. The van der Waals surface area contributed by atoms with E-state index >= 15 is 0 Å². The van der Waals surface area contributed by atoms with Gasteiger partial charge in [-0.05, 0) is 44.0 Å². The molecule has 2 saturated heterocycles. The fraction of sp³-hybridized carbons (Fsp3) is 0.450. The van der Waals surface area contributed by atoms with Gasteiger partial charge in [-0.25, -0.2) is 8.42 Å². The fourth-order valence-electron chi connectivity index (χ4n) is 3.87. The zero-order valence-electron chi connectivity index (χ0n) is 16.3. The van der Waals surface area contributed by atoms with Gasteiger partial charge >= 0.3 is 0 Å². The second-order valence-electron chi connectivity index (χ2n) is 7.40. The van der Waals surface area contributed by atoms with E-state index in [-0.39, 0.29) is 22.3 Å². The quantitative estimate of drug-likeness (QED) is 0.735. The maximum atomic E-state index is 12.9. The van der Waals surface area contributed by atoms with Crippen molar-refractivity contribution in [1.29, 1.82) is 0 Å². The molecule has 0 unspecified atom stereocenters. The van der Waals surface area contributed by atoms with Crippen LogP contribution in [0.2, 0.25) is 5.02 Å². The van der Waals surface area contributed by atoms with Crippen molar-refractivity contribution in [3.63, 3.8) is 0 Å². The normalized spacial score (nSPS) is 18.4. The van der Waals surface area contributed by atoms with Gasteiger partial charge in [-0.2, -0.15) is 4.31 Å². The summed E-state index contributed by atoms with van der Waals surface area (Å²) in [6.45, 7) is 5.08. The maximum Gasteiger partial charge on any atom is 0.289 e. The number of carbonyl (C=O) groups excluding carboxylic acids is 1. The highest BCUT2D eigenvalue weighted by Gasteiger charge is 2.33. The Bertz CT molecular complexity index is 989. The first-order valence-electron chi connectivity index (χ1n) is 9.76. The van der Waals surface area contributed by atoms with Gasteiger partial charge < -0.3 is 14.2 Å². The molecule has 0 aliphatic carbocycles. The van der Waals surface area contributed by atoms with Crippen molar-refractivity contribution >= 4 is 33.2 Å². The van der Waals surface area contributed by atoms with Gasteiger partial charge in [0.05, 0.1) is 0 Å². The third-order valence-electron chi connectivity index (χ3n) is 5.52. The molecule has 3 heterocycles. The summed E-state index contributed by atoms with van der Waals surface area (Å²) in [5.74, 6) is 0.0759. The number of piperazine rings is 1. The molecule has 0 N–H and O–H groups in total. The van der Waals surface area contributed by atoms with Crippen LogP contribution in [0.15, 0.2) is 39.6 Å². The molecular weight excluding hydrogens is 414 g/mol. The van der Waals surface area contributed by atoms with Crippen LogP contribution in [-0.2, 0) is 10.0 Å². The number of sulfonamides is 1. The Balaban J connectivity index is 1.45. The monoisotopic (exact) mass is 437 g/mol. The Morgan fingerprint density at radius 3 is 2.24 bits per heavy atom. The van der Waals surface area contributed by atoms with Crippen LogP contribution in [0.1, 0.15) is 29.2 Å². The lowest BCUT2D eigenvalue weighted by Crippen LogP contribution is -2.48. The average Bonchev–Trinajstić information content (AvgIpc) is 3.39. The molecule has 2 aliphatic heterocycles. The molecule has 1 aromatic heterocycles. The van der Waals surface area contributed by atoms with Crippen LogP contribution in [-0.4, -0.2) is 62.8 Å². The third kappa shape index (κ3) is 4.01. The number of halogens is 1. The summed E-state index contributed by atoms with van der Waals surface area (Å²) in [5, 5.41) is 0.690. The van der Waals surface area contributed by atoms with Crippen molar-refractivity contribution < 1.29 is 17.6 Å². The molecule has 0 spiro atoms. The van der Waals surface area contributed by atoms with Gasteiger partial charge in [0.2, 0.25) is 10.0 Å². The number of carbonyl (C=O) groups is 1. The highest BCUT2D eigenvalue weighted by molar-refractivity contribution is 7.89. The lowest BCUT2D eigenvalue weighted by Gasteiger charge is -2.35. The predicted molar refractivity (Wildman–Crippen MR) is 111 cm³/mol. The summed E-state index contributed by atoms with van der Waals surface area (Å²) >= 11 is 5.94. The minimum Gasteiger partial charge on any atom is -0.455 e. The molecule has 0 bridgehead atoms. The first kappa shape index (κ1) is 20.3. The maximum absolute atomic E-state index is 12.9. The molecule has 7 nitrogen and oxygen atoms in total. The van der Waals surface area contributed by atoms with Crippen LogP contribution in [0.25, 0.3) is 0 Å². The number of rotatable bonds is 4. The average molecular weight is 438 g/mol. The van der Waals surface area contributed by atoms with Crippen molar-refractivity contribution in [1.82, 2.24) is 9.21 Å². The van der Waals surface area contributed by atoms with Gasteiger partial charge in [0.1, 0.15) is 10.7 Å². The highest BCUT2D eigenvalue weighted by Crippen LogP contribution is 2.27. The van der Waals surface area contributed by atoms with E-state index in [0.717, 1.165) is 18.5 Å². The van der Waals surface area contributed by atoms with E-state index in [1.807, 2.05) is 24.3 Å². The van der Waals surface area contributed by atoms with E-state index in [4.69, 9.17) is 16.0 Å². The summed E-state index contributed by atoms with van der Waals surface area (Å²) in [5.41, 5.74) is 1.06. The van der Waals surface area contributed by atoms with E-state index in [1.165, 1.54) is 10.4 Å². The molecule has 1 amide bonds. The Labute approximate surface area is 175 Å². The molecular formula is C20H24ClN3O4S. The molecule has 0 saturated carbocycles. The molecule has 156 valence electrons. The Hall–Kier alpha value is -2.03. The molecule has 2 fully saturated rings. The minimum absolute atomic E-state index is 0.0835. The van der Waals surface area contributed by atoms with Crippen molar-refractivity contribution in [2.75, 3.05) is 44.2 Å². The van der Waals surface area contributed by atoms with Crippen molar-refractivity contribution in [3.8, 4) is 0 Å². The van der Waals surface area contributed by atoms with Crippen molar-refractivity contribution in [2.45, 2.75) is 24.7 Å². The summed E-state index contributed by atoms with van der Waals surface area (Å²) in [7, 11) is -3.61. The fourth-order valence-corrected chi connectivity index (χ4v) is 5.67. The lowest BCUT2D eigenvalue weighted by molar-refractivity contribution is 0.0713. The van der Waals surface area contributed by atoms with Gasteiger partial charge in [0.25, 0.3) is 5.91 Å². The Kier molecular flexibility index (Phi) is 5.59. The Morgan fingerprint density at radius 2 is 1.62 bits per heavy atom. The molecule has 1 aromatic carbocycles. The number of amides is 1. The number of anilines is 1. The summed E-state index contributed by atoms with van der Waals surface area (Å²) < 4.78 is 32.7. The number of benzene rings is 1. The van der Waals surface area contributed by atoms with Crippen molar-refractivity contribution in [2.24, 2.45) is 0 Å². The summed E-state index contributed by atoms with van der Waals surface area (Å²) in [6, 6.07) is 9.01. The lowest BCUT2D eigenvalue weighted by atomic mass is 10.2. The first-order chi connectivity index (χ1) is 13.9. The number of furan rings is 1. The second-order valence-corrected chi connectivity index (χ2v) is 9.74. The van der Waals surface area contributed by atoms with E-state index in [0.29, 0.717) is 44.3 Å². The predicted octanol–water partition coefficient (Wildman–Crippen LogP) is 2.99. The smallest absolute Gasteiger partial charge is 0.289 e. The van der Waals surface area contributed by atoms with E-state index in [9.17, 15) is 13.2 Å². The molecule has 4 rings (SSSR count). The third-order valence-corrected chi connectivity index (χ3v) is 7.78. The van der Waals surface area contributed by atoms with Gasteiger partial charge in [-0.15, -0.1) is 0 Å². The largest absolute Gasteiger partial charge is 0.455 e. The molecule has 2 aromatic rings. The zero-order chi connectivity index (χ0) is 20.6. The topological polar surface area (TPSA) is 74.1 Å². The van der Waals surface area contributed by atoms with Crippen LogP contribution >= 0.6 is 11.6 Å². The number of aryl methyl sites for hydroxylation is 1. The van der Waals surface area contributed by atoms with Crippen LogP contribution in [0.5, 0.6) is 0 Å². The van der Waals surface area contributed by atoms with E-state index in [2.05, 4.69) is 4.90 Å². The number of hydrogen-bond donors (Lipinski definition) is 0. The van der Waals surface area contributed by atoms with Crippen LogP contribution in [0.4, 0.5) is 5.69 Å². The van der Waals surface area contributed by atoms with Gasteiger partial charge in [0, 0.05) is 56.0 Å². The van der Waals surface area contributed by atoms with Crippen LogP contribution < -0.4 is 4.90 Å². The van der Waals surface area contributed by atoms with Gasteiger partial charge in [0.15, 0.2) is 5.76 Å². The molecule has 29 heavy (non-hydrogen) atoms. The SMILES string of the molecule is Cc1oc(C(=O)N2CCN(c3ccc(Cl)cc3)CC2)cc1S(=O)(=O)N1CCCC1. The van der Waals surface area contributed by atoms with E-state index < -0.39 is 10.0 Å². The molecule has 0 atom stereocenters. The Morgan fingerprint density at radius 1 is 1.00 bits per heavy atom.